The first-order valence-corrected chi connectivity index (χ1v) is 6.36. The van der Waals surface area contributed by atoms with E-state index in [-0.39, 0.29) is 0 Å². The van der Waals surface area contributed by atoms with Gasteiger partial charge in [0.1, 0.15) is 0 Å². The molecule has 0 unspecified atom stereocenters. The molecule has 0 saturated heterocycles. The molecule has 4 heteroatoms. The lowest BCUT2D eigenvalue weighted by molar-refractivity contribution is 0.731. The van der Waals surface area contributed by atoms with Crippen molar-refractivity contribution in [2.45, 2.75) is 20.4 Å². The summed E-state index contributed by atoms with van der Waals surface area (Å²) in [7, 11) is 1.96. The van der Waals surface area contributed by atoms with Crippen LogP contribution in [0.1, 0.15) is 17.0 Å². The minimum atomic E-state index is 0.800. The van der Waals surface area contributed by atoms with E-state index in [4.69, 9.17) is 0 Å². The minimum absolute atomic E-state index is 0.800. The second kappa shape index (κ2) is 4.92. The van der Waals surface area contributed by atoms with E-state index >= 15 is 0 Å². The Morgan fingerprint density at radius 2 is 2.00 bits per heavy atom. The fraction of sp³-hybridized carbons (Fsp3) is 0.308. The zero-order valence-corrected chi connectivity index (χ0v) is 11.9. The van der Waals surface area contributed by atoms with E-state index in [2.05, 4.69) is 45.4 Å². The highest BCUT2D eigenvalue weighted by molar-refractivity contribution is 9.10. The zero-order chi connectivity index (χ0) is 12.4. The third-order valence-electron chi connectivity index (χ3n) is 2.92. The molecule has 0 saturated carbocycles. The molecular formula is C13H16BrN3. The molecule has 2 rings (SSSR count). The van der Waals surface area contributed by atoms with Gasteiger partial charge in [-0.3, -0.25) is 4.68 Å². The molecule has 3 nitrogen and oxygen atoms in total. The van der Waals surface area contributed by atoms with Gasteiger partial charge in [-0.2, -0.15) is 5.10 Å². The number of hydrogen-bond donors (Lipinski definition) is 1. The lowest BCUT2D eigenvalue weighted by atomic mass is 10.2. The van der Waals surface area contributed by atoms with Gasteiger partial charge in [-0.15, -0.1) is 0 Å². The van der Waals surface area contributed by atoms with E-state index in [0.717, 1.165) is 28.1 Å². The molecule has 0 aliphatic carbocycles. The smallest absolute Gasteiger partial charge is 0.0827 e. The molecule has 1 aromatic heterocycles. The van der Waals surface area contributed by atoms with Crippen LogP contribution < -0.4 is 5.32 Å². The number of aromatic nitrogens is 2. The van der Waals surface area contributed by atoms with E-state index in [1.54, 1.807) is 0 Å². The van der Waals surface area contributed by atoms with Crippen molar-refractivity contribution in [2.24, 2.45) is 7.05 Å². The molecule has 0 amide bonds. The zero-order valence-electron chi connectivity index (χ0n) is 10.3. The van der Waals surface area contributed by atoms with E-state index in [1.807, 2.05) is 30.8 Å². The van der Waals surface area contributed by atoms with Gasteiger partial charge < -0.3 is 5.32 Å². The SMILES string of the molecule is Cc1nn(C)c(C)c1NCc1ccccc1Br. The first kappa shape index (κ1) is 12.2. The van der Waals surface area contributed by atoms with Gasteiger partial charge in [0.25, 0.3) is 0 Å². The molecule has 0 radical (unpaired) electrons. The van der Waals surface area contributed by atoms with Crippen LogP contribution in [0.25, 0.3) is 0 Å². The van der Waals surface area contributed by atoms with Crippen LogP contribution in [-0.2, 0) is 13.6 Å². The van der Waals surface area contributed by atoms with Crippen molar-refractivity contribution in [2.75, 3.05) is 5.32 Å². The van der Waals surface area contributed by atoms with E-state index in [1.165, 1.54) is 5.56 Å². The van der Waals surface area contributed by atoms with Crippen molar-refractivity contribution in [3.05, 3.63) is 45.7 Å². The lowest BCUT2D eigenvalue weighted by Gasteiger charge is -2.08. The number of nitrogens with zero attached hydrogens (tertiary/aromatic N) is 2. The van der Waals surface area contributed by atoms with Gasteiger partial charge in [-0.05, 0) is 25.5 Å². The largest absolute Gasteiger partial charge is 0.378 e. The Bertz CT molecular complexity index is 531. The van der Waals surface area contributed by atoms with E-state index < -0.39 is 0 Å². The van der Waals surface area contributed by atoms with Crippen LogP contribution in [0.4, 0.5) is 5.69 Å². The number of hydrogen-bond acceptors (Lipinski definition) is 2. The molecular weight excluding hydrogens is 278 g/mol. The van der Waals surface area contributed by atoms with Crippen molar-refractivity contribution >= 4 is 21.6 Å². The highest BCUT2D eigenvalue weighted by Crippen LogP contribution is 2.21. The molecule has 17 heavy (non-hydrogen) atoms. The van der Waals surface area contributed by atoms with Gasteiger partial charge in [-0.1, -0.05) is 34.1 Å². The van der Waals surface area contributed by atoms with Gasteiger partial charge in [-0.25, -0.2) is 0 Å². The lowest BCUT2D eigenvalue weighted by Crippen LogP contribution is -2.02. The molecule has 2 aromatic rings. The first-order valence-electron chi connectivity index (χ1n) is 5.57. The van der Waals surface area contributed by atoms with Gasteiger partial charge in [0.15, 0.2) is 0 Å². The average Bonchev–Trinajstić information content (AvgIpc) is 2.53. The molecule has 0 fully saturated rings. The maximum absolute atomic E-state index is 4.39. The number of aryl methyl sites for hydroxylation is 2. The van der Waals surface area contributed by atoms with Crippen LogP contribution in [0.5, 0.6) is 0 Å². The predicted octanol–water partition coefficient (Wildman–Crippen LogP) is 3.41. The van der Waals surface area contributed by atoms with Gasteiger partial charge in [0.05, 0.1) is 17.1 Å². The Morgan fingerprint density at radius 3 is 2.59 bits per heavy atom. The summed E-state index contributed by atoms with van der Waals surface area (Å²) in [6.07, 6.45) is 0. The van der Waals surface area contributed by atoms with Crippen LogP contribution in [0.3, 0.4) is 0 Å². The van der Waals surface area contributed by atoms with Gasteiger partial charge in [0, 0.05) is 18.1 Å². The average molecular weight is 294 g/mol. The van der Waals surface area contributed by atoms with Crippen molar-refractivity contribution in [3.63, 3.8) is 0 Å². The number of rotatable bonds is 3. The monoisotopic (exact) mass is 293 g/mol. The number of halogens is 1. The van der Waals surface area contributed by atoms with Crippen molar-refractivity contribution in [3.8, 4) is 0 Å². The molecule has 1 N–H and O–H groups in total. The topological polar surface area (TPSA) is 29.9 Å². The Morgan fingerprint density at radius 1 is 1.29 bits per heavy atom. The Balaban J connectivity index is 2.15. The number of nitrogens with one attached hydrogen (secondary N) is 1. The molecule has 0 bridgehead atoms. The second-order valence-corrected chi connectivity index (χ2v) is 4.97. The summed E-state index contributed by atoms with van der Waals surface area (Å²) in [6.45, 7) is 4.90. The fourth-order valence-electron chi connectivity index (χ4n) is 1.85. The summed E-state index contributed by atoms with van der Waals surface area (Å²) in [5.41, 5.74) is 4.57. The minimum Gasteiger partial charge on any atom is -0.378 e. The van der Waals surface area contributed by atoms with Crippen LogP contribution in [0, 0.1) is 13.8 Å². The standard InChI is InChI=1S/C13H16BrN3/c1-9-13(10(2)17(3)16-9)15-8-11-6-4-5-7-12(11)14/h4-7,15H,8H2,1-3H3. The van der Waals surface area contributed by atoms with Crippen LogP contribution in [0.15, 0.2) is 28.7 Å². The molecule has 0 spiro atoms. The number of benzene rings is 1. The van der Waals surface area contributed by atoms with Gasteiger partial charge >= 0.3 is 0 Å². The summed E-state index contributed by atoms with van der Waals surface area (Å²) >= 11 is 3.55. The maximum atomic E-state index is 4.39. The molecule has 1 heterocycles. The summed E-state index contributed by atoms with van der Waals surface area (Å²) in [5, 5.41) is 7.83. The Labute approximate surface area is 110 Å². The summed E-state index contributed by atoms with van der Waals surface area (Å²) in [6, 6.07) is 8.23. The molecule has 0 atom stereocenters. The normalized spacial score (nSPS) is 10.6. The van der Waals surface area contributed by atoms with Crippen LogP contribution >= 0.6 is 15.9 Å². The third-order valence-corrected chi connectivity index (χ3v) is 3.70. The quantitative estimate of drug-likeness (QED) is 0.940. The number of anilines is 1. The van der Waals surface area contributed by atoms with E-state index in [0.29, 0.717) is 0 Å². The summed E-state index contributed by atoms with van der Waals surface area (Å²) in [4.78, 5) is 0. The molecule has 0 aliphatic rings. The third kappa shape index (κ3) is 2.52. The van der Waals surface area contributed by atoms with Crippen molar-refractivity contribution in [1.29, 1.82) is 0 Å². The Hall–Kier alpha value is -1.29. The van der Waals surface area contributed by atoms with Crippen molar-refractivity contribution in [1.82, 2.24) is 9.78 Å². The Kier molecular flexibility index (Phi) is 3.52. The van der Waals surface area contributed by atoms with Crippen molar-refractivity contribution < 1.29 is 0 Å². The molecule has 0 aliphatic heterocycles. The predicted molar refractivity (Wildman–Crippen MR) is 74.2 cm³/mol. The highest BCUT2D eigenvalue weighted by atomic mass is 79.9. The molecule has 90 valence electrons. The van der Waals surface area contributed by atoms with Crippen LogP contribution in [0.2, 0.25) is 0 Å². The summed E-state index contributed by atoms with van der Waals surface area (Å²) in [5.74, 6) is 0. The maximum Gasteiger partial charge on any atom is 0.0827 e. The fourth-order valence-corrected chi connectivity index (χ4v) is 2.28. The van der Waals surface area contributed by atoms with Crippen LogP contribution in [-0.4, -0.2) is 9.78 Å². The van der Waals surface area contributed by atoms with E-state index in [9.17, 15) is 0 Å². The second-order valence-electron chi connectivity index (χ2n) is 4.11. The summed E-state index contributed by atoms with van der Waals surface area (Å²) < 4.78 is 3.03. The highest BCUT2D eigenvalue weighted by Gasteiger charge is 2.08. The van der Waals surface area contributed by atoms with Gasteiger partial charge in [0.2, 0.25) is 0 Å². The first-order chi connectivity index (χ1) is 8.09. The molecule has 1 aromatic carbocycles.